The zero-order valence-corrected chi connectivity index (χ0v) is 30.2. The lowest BCUT2D eigenvalue weighted by Gasteiger charge is -2.14. The van der Waals surface area contributed by atoms with Crippen molar-refractivity contribution in [3.05, 3.63) is 59.7 Å². The molecule has 13 nitrogen and oxygen atoms in total. The number of nitrogens with one attached hydrogen (secondary N) is 1. The van der Waals surface area contributed by atoms with Gasteiger partial charge in [0, 0.05) is 25.5 Å². The lowest BCUT2D eigenvalue weighted by atomic mass is 9.98. The maximum Gasteiger partial charge on any atom is 0.407 e. The molecule has 0 unspecified atom stereocenters. The summed E-state index contributed by atoms with van der Waals surface area (Å²) in [6, 6.07) is 16.6. The summed E-state index contributed by atoms with van der Waals surface area (Å²) in [5.41, 5.74) is 4.80. The van der Waals surface area contributed by atoms with E-state index in [4.69, 9.17) is 47.4 Å². The van der Waals surface area contributed by atoms with E-state index in [1.165, 1.54) is 22.3 Å². The highest BCUT2D eigenvalue weighted by Crippen LogP contribution is 2.44. The number of alkyl carbamates (subject to hydrolysis) is 1. The first-order valence-corrected chi connectivity index (χ1v) is 18.1. The highest BCUT2D eigenvalue weighted by Gasteiger charge is 2.28. The number of hydrogen-bond acceptors (Lipinski definition) is 12. The Morgan fingerprint density at radius 2 is 0.922 bits per heavy atom. The molecule has 0 heterocycles. The molecule has 2 aromatic rings. The molecule has 0 atom stereocenters. The lowest BCUT2D eigenvalue weighted by Crippen LogP contribution is -2.27. The van der Waals surface area contributed by atoms with Gasteiger partial charge >= 0.3 is 12.1 Å². The van der Waals surface area contributed by atoms with Gasteiger partial charge in [-0.15, -0.1) is 0 Å². The quantitative estimate of drug-likeness (QED) is 0.0848. The monoisotopic (exact) mass is 719 g/mol. The van der Waals surface area contributed by atoms with Crippen molar-refractivity contribution in [1.29, 1.82) is 0 Å². The van der Waals surface area contributed by atoms with Crippen LogP contribution in [0.5, 0.6) is 0 Å². The van der Waals surface area contributed by atoms with Gasteiger partial charge in [-0.1, -0.05) is 55.5 Å². The maximum atomic E-state index is 12.3. The second-order valence-corrected chi connectivity index (χ2v) is 11.5. The van der Waals surface area contributed by atoms with Gasteiger partial charge in [0.15, 0.2) is 0 Å². The summed E-state index contributed by atoms with van der Waals surface area (Å²) in [7, 11) is 0. The lowest BCUT2D eigenvalue weighted by molar-refractivity contribution is -0.145. The van der Waals surface area contributed by atoms with Crippen LogP contribution in [0.2, 0.25) is 0 Å². The molecule has 0 saturated carbocycles. The third-order valence-corrected chi connectivity index (χ3v) is 7.63. The molecule has 2 aromatic carbocycles. The molecule has 51 heavy (non-hydrogen) atoms. The number of esters is 1. The van der Waals surface area contributed by atoms with Crippen molar-refractivity contribution in [2.45, 2.75) is 32.1 Å². The highest BCUT2D eigenvalue weighted by molar-refractivity contribution is 5.79. The number of amides is 1. The Labute approximate surface area is 302 Å². The third-order valence-electron chi connectivity index (χ3n) is 7.63. The van der Waals surface area contributed by atoms with Crippen LogP contribution in [-0.2, 0) is 52.2 Å². The fourth-order valence-corrected chi connectivity index (χ4v) is 5.15. The number of carbonyl (C=O) groups is 2. The predicted molar refractivity (Wildman–Crippen MR) is 190 cm³/mol. The fourth-order valence-electron chi connectivity index (χ4n) is 5.15. The molecule has 0 saturated heterocycles. The molecule has 0 spiro atoms. The molecular weight excluding hydrogens is 662 g/mol. The van der Waals surface area contributed by atoms with E-state index in [1.807, 2.05) is 31.2 Å². The molecule has 0 bridgehead atoms. The molecule has 13 heteroatoms. The van der Waals surface area contributed by atoms with Gasteiger partial charge in [-0.2, -0.15) is 0 Å². The molecule has 0 radical (unpaired) electrons. The summed E-state index contributed by atoms with van der Waals surface area (Å²) in [6.07, 6.45) is 1.48. The molecule has 1 aliphatic rings. The van der Waals surface area contributed by atoms with E-state index >= 15 is 0 Å². The molecule has 0 aromatic heterocycles. The van der Waals surface area contributed by atoms with Crippen LogP contribution in [0.25, 0.3) is 11.1 Å². The van der Waals surface area contributed by atoms with Gasteiger partial charge < -0.3 is 52.7 Å². The van der Waals surface area contributed by atoms with E-state index in [9.17, 15) is 9.59 Å². The minimum absolute atomic E-state index is 0.0485. The summed E-state index contributed by atoms with van der Waals surface area (Å²) in [6.45, 7) is 10.6. The number of ether oxygens (including phenoxy) is 10. The second kappa shape index (κ2) is 28.4. The van der Waals surface area contributed by atoms with Gasteiger partial charge in [0.2, 0.25) is 0 Å². The molecule has 0 aliphatic heterocycles. The van der Waals surface area contributed by atoms with Gasteiger partial charge in [0.05, 0.1) is 99.1 Å². The van der Waals surface area contributed by atoms with Crippen LogP contribution >= 0.6 is 0 Å². The van der Waals surface area contributed by atoms with Crippen molar-refractivity contribution < 1.29 is 57.0 Å². The van der Waals surface area contributed by atoms with Crippen molar-refractivity contribution in [3.63, 3.8) is 0 Å². The molecule has 3 rings (SSSR count). The van der Waals surface area contributed by atoms with Crippen LogP contribution in [0.15, 0.2) is 48.5 Å². The number of hydrogen-bond donors (Lipinski definition) is 1. The van der Waals surface area contributed by atoms with Crippen molar-refractivity contribution in [1.82, 2.24) is 5.32 Å². The van der Waals surface area contributed by atoms with Crippen LogP contribution in [0.3, 0.4) is 0 Å². The van der Waals surface area contributed by atoms with Gasteiger partial charge in [-0.05, 0) is 35.1 Å². The zero-order chi connectivity index (χ0) is 36.0. The van der Waals surface area contributed by atoms with Crippen LogP contribution in [-0.4, -0.2) is 138 Å². The van der Waals surface area contributed by atoms with Crippen molar-refractivity contribution in [3.8, 4) is 11.1 Å². The second-order valence-electron chi connectivity index (χ2n) is 11.5. The Hall–Kier alpha value is -3.14. The van der Waals surface area contributed by atoms with Crippen LogP contribution < -0.4 is 5.32 Å². The van der Waals surface area contributed by atoms with E-state index in [1.54, 1.807) is 0 Å². The SMILES string of the molecule is CCCC(=O)OCCOCCOCCOCCOCCOCCOCCOCCOCCCNC(=O)OCC1c2ccccc2-c2ccccc21. The number of carbonyl (C=O) groups excluding carboxylic acids is 2. The van der Waals surface area contributed by atoms with Crippen molar-refractivity contribution in [2.75, 3.05) is 125 Å². The summed E-state index contributed by atoms with van der Waals surface area (Å²) in [5, 5.41) is 2.80. The van der Waals surface area contributed by atoms with Crippen LogP contribution in [0.4, 0.5) is 4.79 Å². The Balaban J connectivity index is 0.971. The number of rotatable bonds is 32. The van der Waals surface area contributed by atoms with Gasteiger partial charge in [0.25, 0.3) is 0 Å². The van der Waals surface area contributed by atoms with Crippen molar-refractivity contribution in [2.24, 2.45) is 0 Å². The van der Waals surface area contributed by atoms with Crippen LogP contribution in [0, 0.1) is 0 Å². The first-order valence-electron chi connectivity index (χ1n) is 18.1. The highest BCUT2D eigenvalue weighted by atomic mass is 16.6. The predicted octanol–water partition coefficient (Wildman–Crippen LogP) is 4.39. The first kappa shape index (κ1) is 42.3. The normalized spacial score (nSPS) is 12.1. The van der Waals surface area contributed by atoms with Crippen molar-refractivity contribution >= 4 is 12.1 Å². The Morgan fingerprint density at radius 3 is 1.35 bits per heavy atom. The Morgan fingerprint density at radius 1 is 0.529 bits per heavy atom. The minimum atomic E-state index is -0.417. The molecule has 1 aliphatic carbocycles. The fraction of sp³-hybridized carbons (Fsp3) is 0.632. The summed E-state index contributed by atoms with van der Waals surface area (Å²) < 4.78 is 54.3. The average molecular weight is 720 g/mol. The Kier molecular flexibility index (Phi) is 23.6. The van der Waals surface area contributed by atoms with Gasteiger partial charge in [-0.3, -0.25) is 4.79 Å². The maximum absolute atomic E-state index is 12.3. The zero-order valence-electron chi connectivity index (χ0n) is 30.2. The largest absolute Gasteiger partial charge is 0.463 e. The summed E-state index contributed by atoms with van der Waals surface area (Å²) >= 11 is 0. The van der Waals surface area contributed by atoms with Crippen LogP contribution in [0.1, 0.15) is 43.2 Å². The smallest absolute Gasteiger partial charge is 0.407 e. The molecule has 286 valence electrons. The molecule has 1 N–H and O–H groups in total. The minimum Gasteiger partial charge on any atom is -0.463 e. The van der Waals surface area contributed by atoms with E-state index in [-0.39, 0.29) is 18.5 Å². The summed E-state index contributed by atoms with van der Waals surface area (Å²) in [5.74, 6) is -0.143. The third kappa shape index (κ3) is 18.8. The van der Waals surface area contributed by atoms with E-state index in [2.05, 4.69) is 29.6 Å². The number of benzene rings is 2. The Bertz CT molecular complexity index is 1150. The van der Waals surface area contributed by atoms with Gasteiger partial charge in [0.1, 0.15) is 13.2 Å². The van der Waals surface area contributed by atoms with Gasteiger partial charge in [-0.25, -0.2) is 4.79 Å². The average Bonchev–Trinajstić information content (AvgIpc) is 3.46. The van der Waals surface area contributed by atoms with E-state index in [0.717, 1.165) is 6.42 Å². The number of fused-ring (bicyclic) bond motifs is 3. The molecule has 0 fully saturated rings. The summed E-state index contributed by atoms with van der Waals surface area (Å²) in [4.78, 5) is 23.5. The van der Waals surface area contributed by atoms with E-state index < -0.39 is 6.09 Å². The molecular formula is C38H57NO12. The van der Waals surface area contributed by atoms with E-state index in [0.29, 0.717) is 132 Å². The standard InChI is InChI=1S/C38H57NO12/c1-2-8-37(40)50-30-29-49-28-27-48-26-25-47-24-23-46-22-21-45-20-19-44-18-17-43-16-15-42-14-7-13-39-38(41)51-31-36-34-11-5-3-9-32(34)33-10-4-6-12-35(33)36/h3-6,9-12,36H,2,7-8,13-31H2,1H3,(H,39,41). The molecule has 1 amide bonds. The topological polar surface area (TPSA) is 138 Å². The first-order chi connectivity index (χ1) is 25.2.